The Morgan fingerprint density at radius 2 is 1.72 bits per heavy atom. The highest BCUT2D eigenvalue weighted by Crippen LogP contribution is 2.28. The summed E-state index contributed by atoms with van der Waals surface area (Å²) in [6.07, 6.45) is 0.338. The Morgan fingerprint density at radius 3 is 2.34 bits per heavy atom. The number of ketones is 1. The number of esters is 1. The van der Waals surface area contributed by atoms with Crippen LogP contribution in [-0.4, -0.2) is 34.7 Å². The van der Waals surface area contributed by atoms with E-state index in [2.05, 4.69) is 0 Å². The molecule has 29 heavy (non-hydrogen) atoms. The Morgan fingerprint density at radius 1 is 1.00 bits per heavy atom. The number of hydrogen-bond acceptors (Lipinski definition) is 6. The Labute approximate surface area is 171 Å². The number of hydrogen-bond donors (Lipinski definition) is 2. The topological polar surface area (TPSA) is 93.1 Å². The molecule has 0 saturated heterocycles. The lowest BCUT2D eigenvalue weighted by atomic mass is 9.98. The van der Waals surface area contributed by atoms with Crippen LogP contribution in [0, 0.1) is 5.92 Å². The van der Waals surface area contributed by atoms with E-state index in [4.69, 9.17) is 9.47 Å². The molecule has 0 saturated carbocycles. The van der Waals surface area contributed by atoms with Gasteiger partial charge in [0.1, 0.15) is 17.2 Å². The first-order chi connectivity index (χ1) is 13.7. The molecule has 0 unspecified atom stereocenters. The minimum absolute atomic E-state index is 0.0869. The third-order valence-corrected chi connectivity index (χ3v) is 4.09. The largest absolute Gasteiger partial charge is 0.508 e. The number of rotatable bonds is 9. The van der Waals surface area contributed by atoms with Crippen molar-refractivity contribution < 1.29 is 29.3 Å². The highest BCUT2D eigenvalue weighted by molar-refractivity contribution is 6.10. The summed E-state index contributed by atoms with van der Waals surface area (Å²) < 4.78 is 11.0. The third-order valence-electron chi connectivity index (χ3n) is 4.09. The molecule has 0 spiro atoms. The summed E-state index contributed by atoms with van der Waals surface area (Å²) in [5, 5.41) is 19.4. The van der Waals surface area contributed by atoms with Crippen LogP contribution < -0.4 is 4.74 Å². The van der Waals surface area contributed by atoms with E-state index in [1.54, 1.807) is 32.0 Å². The summed E-state index contributed by atoms with van der Waals surface area (Å²) in [5.74, 6) is -0.184. The van der Waals surface area contributed by atoms with Gasteiger partial charge in [0.15, 0.2) is 5.78 Å². The first-order valence-corrected chi connectivity index (χ1v) is 9.69. The van der Waals surface area contributed by atoms with E-state index in [-0.39, 0.29) is 41.3 Å². The molecule has 156 valence electrons. The van der Waals surface area contributed by atoms with Crippen LogP contribution >= 0.6 is 0 Å². The Balaban J connectivity index is 2.29. The Hall–Kier alpha value is -3.02. The van der Waals surface area contributed by atoms with Crippen molar-refractivity contribution >= 4 is 11.8 Å². The van der Waals surface area contributed by atoms with Crippen molar-refractivity contribution in [1.29, 1.82) is 0 Å². The molecule has 2 rings (SSSR count). The molecule has 0 heterocycles. The van der Waals surface area contributed by atoms with Gasteiger partial charge >= 0.3 is 5.97 Å². The summed E-state index contributed by atoms with van der Waals surface area (Å²) in [6, 6.07) is 8.84. The zero-order chi connectivity index (χ0) is 21.6. The fraction of sp³-hybridized carbons (Fsp3) is 0.391. The van der Waals surface area contributed by atoms with E-state index in [1.807, 2.05) is 13.8 Å². The van der Waals surface area contributed by atoms with Crippen LogP contribution in [0.2, 0.25) is 0 Å². The quantitative estimate of drug-likeness (QED) is 0.483. The van der Waals surface area contributed by atoms with Gasteiger partial charge in [-0.1, -0.05) is 13.8 Å². The van der Waals surface area contributed by atoms with E-state index in [0.717, 1.165) is 11.6 Å². The third kappa shape index (κ3) is 6.52. The van der Waals surface area contributed by atoms with E-state index >= 15 is 0 Å². The monoisotopic (exact) mass is 400 g/mol. The number of ether oxygens (including phenoxy) is 2. The van der Waals surface area contributed by atoms with Crippen LogP contribution in [0.5, 0.6) is 17.2 Å². The highest BCUT2D eigenvalue weighted by Gasteiger charge is 2.17. The maximum Gasteiger partial charge on any atom is 0.306 e. The minimum atomic E-state index is -0.385. The first-order valence-electron chi connectivity index (χ1n) is 9.69. The van der Waals surface area contributed by atoms with Gasteiger partial charge in [0.05, 0.1) is 18.3 Å². The van der Waals surface area contributed by atoms with Crippen molar-refractivity contribution in [3.8, 4) is 17.2 Å². The van der Waals surface area contributed by atoms with Crippen LogP contribution in [0.4, 0.5) is 0 Å². The first kappa shape index (κ1) is 22.3. The fourth-order valence-electron chi connectivity index (χ4n) is 2.74. The average Bonchev–Trinajstić information content (AvgIpc) is 2.64. The predicted molar refractivity (Wildman–Crippen MR) is 110 cm³/mol. The summed E-state index contributed by atoms with van der Waals surface area (Å²) in [5.41, 5.74) is 1.16. The van der Waals surface area contributed by atoms with Crippen LogP contribution in [0.15, 0.2) is 36.4 Å². The van der Waals surface area contributed by atoms with Gasteiger partial charge in [-0.15, -0.1) is 0 Å². The molecular formula is C23H28O6. The van der Waals surface area contributed by atoms with Crippen LogP contribution in [0.3, 0.4) is 0 Å². The average molecular weight is 400 g/mol. The van der Waals surface area contributed by atoms with Gasteiger partial charge in [0.25, 0.3) is 0 Å². The van der Waals surface area contributed by atoms with Gasteiger partial charge in [-0.25, -0.2) is 0 Å². The molecule has 0 atom stereocenters. The second-order valence-corrected chi connectivity index (χ2v) is 7.60. The molecule has 0 aliphatic rings. The summed E-state index contributed by atoms with van der Waals surface area (Å²) in [6.45, 7) is 8.16. The summed E-state index contributed by atoms with van der Waals surface area (Å²) >= 11 is 0. The lowest BCUT2D eigenvalue weighted by Gasteiger charge is -2.15. The zero-order valence-electron chi connectivity index (χ0n) is 17.3. The molecule has 6 heteroatoms. The van der Waals surface area contributed by atoms with Crippen molar-refractivity contribution in [2.45, 2.75) is 46.6 Å². The molecule has 0 amide bonds. The number of aryl methyl sites for hydroxylation is 1. The van der Waals surface area contributed by atoms with Crippen molar-refractivity contribution in [1.82, 2.24) is 0 Å². The Bertz CT molecular complexity index is 870. The van der Waals surface area contributed by atoms with Gasteiger partial charge in [-0.3, -0.25) is 9.59 Å². The van der Waals surface area contributed by atoms with Crippen LogP contribution in [0.1, 0.15) is 55.6 Å². The van der Waals surface area contributed by atoms with E-state index < -0.39 is 0 Å². The highest BCUT2D eigenvalue weighted by atomic mass is 16.5. The van der Waals surface area contributed by atoms with Crippen LogP contribution in [0.25, 0.3) is 0 Å². The summed E-state index contributed by atoms with van der Waals surface area (Å²) in [7, 11) is 0. The normalized spacial score (nSPS) is 11.0. The zero-order valence-corrected chi connectivity index (χ0v) is 17.3. The van der Waals surface area contributed by atoms with Crippen molar-refractivity contribution in [2.24, 2.45) is 5.92 Å². The number of phenolic OH excluding ortho intramolecular Hbond substituents is 2. The summed E-state index contributed by atoms with van der Waals surface area (Å²) in [4.78, 5) is 24.8. The van der Waals surface area contributed by atoms with E-state index in [1.165, 1.54) is 12.1 Å². The molecule has 2 aromatic rings. The van der Waals surface area contributed by atoms with E-state index in [9.17, 15) is 19.8 Å². The second kappa shape index (κ2) is 9.96. The lowest BCUT2D eigenvalue weighted by Crippen LogP contribution is -2.13. The molecule has 0 aliphatic carbocycles. The van der Waals surface area contributed by atoms with Gasteiger partial charge in [0, 0.05) is 18.1 Å². The molecular weight excluding hydrogens is 372 g/mol. The van der Waals surface area contributed by atoms with Gasteiger partial charge in [-0.2, -0.15) is 0 Å². The number of carbonyl (C=O) groups is 2. The van der Waals surface area contributed by atoms with Gasteiger partial charge in [-0.05, 0) is 62.1 Å². The molecule has 0 aromatic heterocycles. The standard InChI is InChI=1S/C23H28O6/c1-14(2)13-28-21-9-5-17(11-16(21)6-10-22(26)29-15(3)4)23(27)19-8-7-18(24)12-20(19)25/h5,7-9,11-12,14-15,24-25H,6,10,13H2,1-4H3. The number of aromatic hydroxyl groups is 2. The lowest BCUT2D eigenvalue weighted by molar-refractivity contribution is -0.147. The maximum atomic E-state index is 12.8. The van der Waals surface area contributed by atoms with Gasteiger partial charge < -0.3 is 19.7 Å². The SMILES string of the molecule is CC(C)COc1ccc(C(=O)c2ccc(O)cc2O)cc1CCC(=O)OC(C)C. The van der Waals surface area contributed by atoms with Crippen LogP contribution in [-0.2, 0) is 16.0 Å². The molecule has 2 N–H and O–H groups in total. The fourth-order valence-corrected chi connectivity index (χ4v) is 2.74. The maximum absolute atomic E-state index is 12.8. The van der Waals surface area contributed by atoms with Crippen molar-refractivity contribution in [2.75, 3.05) is 6.61 Å². The molecule has 6 nitrogen and oxygen atoms in total. The predicted octanol–water partition coefficient (Wildman–Crippen LogP) is 4.25. The van der Waals surface area contributed by atoms with Crippen molar-refractivity contribution in [3.05, 3.63) is 53.1 Å². The number of benzene rings is 2. The number of phenols is 2. The van der Waals surface area contributed by atoms with E-state index in [0.29, 0.717) is 30.3 Å². The molecule has 0 fully saturated rings. The smallest absolute Gasteiger partial charge is 0.306 e. The molecule has 0 aliphatic heterocycles. The van der Waals surface area contributed by atoms with Crippen molar-refractivity contribution in [3.63, 3.8) is 0 Å². The Kier molecular flexibility index (Phi) is 7.65. The molecule has 0 radical (unpaired) electrons. The number of carbonyl (C=O) groups excluding carboxylic acids is 2. The molecule has 2 aromatic carbocycles. The van der Waals surface area contributed by atoms with Gasteiger partial charge in [0.2, 0.25) is 0 Å². The minimum Gasteiger partial charge on any atom is -0.508 e. The molecule has 0 bridgehead atoms. The second-order valence-electron chi connectivity index (χ2n) is 7.60.